The summed E-state index contributed by atoms with van der Waals surface area (Å²) in [4.78, 5) is 18.6. The summed E-state index contributed by atoms with van der Waals surface area (Å²) in [7, 11) is 0. The Balaban J connectivity index is 1.89. The molecule has 1 aliphatic heterocycles. The Bertz CT molecular complexity index is 436. The second-order valence-electron chi connectivity index (χ2n) is 5.66. The number of hydrogen-bond donors (Lipinski definition) is 1. The van der Waals surface area contributed by atoms with E-state index in [1.807, 2.05) is 25.7 Å². The number of amides is 1. The Morgan fingerprint density at radius 2 is 1.95 bits per heavy atom. The first-order valence-corrected chi connectivity index (χ1v) is 7.55. The topological polar surface area (TPSA) is 58.4 Å². The summed E-state index contributed by atoms with van der Waals surface area (Å²) in [6, 6.07) is -0.273. The second-order valence-corrected chi connectivity index (χ2v) is 5.66. The number of carbonyl (C=O) groups is 1. The van der Waals surface area contributed by atoms with Crippen molar-refractivity contribution in [1.29, 1.82) is 0 Å². The maximum atomic E-state index is 12.4. The summed E-state index contributed by atoms with van der Waals surface area (Å²) in [5, 5.41) is 3.28. The molecule has 2 unspecified atom stereocenters. The number of aryl methyl sites for hydroxylation is 1. The van der Waals surface area contributed by atoms with Crippen LogP contribution >= 0.6 is 0 Å². The highest BCUT2D eigenvalue weighted by Crippen LogP contribution is 2.15. The highest BCUT2D eigenvalue weighted by Gasteiger charge is 2.24. The highest BCUT2D eigenvalue weighted by atomic mass is 16.4. The molecule has 1 aromatic heterocycles. The lowest BCUT2D eigenvalue weighted by molar-refractivity contribution is -0.133. The molecular weight excluding hydrogens is 254 g/mol. The van der Waals surface area contributed by atoms with Crippen LogP contribution in [0, 0.1) is 6.92 Å². The Hall–Kier alpha value is -1.36. The van der Waals surface area contributed by atoms with Gasteiger partial charge in [-0.15, -0.1) is 0 Å². The minimum atomic E-state index is -0.213. The van der Waals surface area contributed by atoms with Crippen LogP contribution in [0.5, 0.6) is 0 Å². The summed E-state index contributed by atoms with van der Waals surface area (Å²) in [5.41, 5.74) is 0. The van der Waals surface area contributed by atoms with Crippen LogP contribution in [0.15, 0.2) is 10.6 Å². The number of likely N-dealkylation sites (tertiary alicyclic amines) is 1. The minimum absolute atomic E-state index is 0.0605. The fraction of sp³-hybridized carbons (Fsp3) is 0.733. The molecule has 1 aromatic rings. The number of nitrogens with zero attached hydrogens (tertiary/aromatic N) is 2. The molecule has 0 aliphatic carbocycles. The molecule has 1 amide bonds. The molecule has 0 aromatic carbocycles. The van der Waals surface area contributed by atoms with Gasteiger partial charge in [0.15, 0.2) is 0 Å². The third-order valence-electron chi connectivity index (χ3n) is 3.80. The van der Waals surface area contributed by atoms with Gasteiger partial charge in [-0.3, -0.25) is 10.1 Å². The second kappa shape index (κ2) is 6.88. The molecule has 0 bridgehead atoms. The van der Waals surface area contributed by atoms with Crippen LogP contribution in [0.2, 0.25) is 0 Å². The molecule has 0 radical (unpaired) electrons. The van der Waals surface area contributed by atoms with Gasteiger partial charge in [-0.05, 0) is 33.6 Å². The first kappa shape index (κ1) is 15.0. The number of hydrogen-bond acceptors (Lipinski definition) is 4. The van der Waals surface area contributed by atoms with Crippen molar-refractivity contribution < 1.29 is 9.21 Å². The van der Waals surface area contributed by atoms with Crippen LogP contribution < -0.4 is 5.32 Å². The van der Waals surface area contributed by atoms with Crippen molar-refractivity contribution >= 4 is 5.91 Å². The van der Waals surface area contributed by atoms with Gasteiger partial charge in [-0.2, -0.15) is 0 Å². The molecule has 1 saturated heterocycles. The molecule has 1 fully saturated rings. The van der Waals surface area contributed by atoms with E-state index in [0.717, 1.165) is 31.7 Å². The van der Waals surface area contributed by atoms with Crippen LogP contribution in [-0.4, -0.2) is 34.9 Å². The average molecular weight is 279 g/mol. The lowest BCUT2D eigenvalue weighted by atomic mass is 10.2. The van der Waals surface area contributed by atoms with E-state index >= 15 is 0 Å². The van der Waals surface area contributed by atoms with Crippen molar-refractivity contribution in [3.8, 4) is 0 Å². The molecule has 0 saturated carbocycles. The van der Waals surface area contributed by atoms with Gasteiger partial charge in [0.05, 0.1) is 18.3 Å². The van der Waals surface area contributed by atoms with Gasteiger partial charge in [0.2, 0.25) is 11.8 Å². The number of rotatable bonds is 4. The minimum Gasteiger partial charge on any atom is -0.444 e. The number of carbonyl (C=O) groups excluding carboxylic acids is 1. The van der Waals surface area contributed by atoms with Gasteiger partial charge >= 0.3 is 0 Å². The zero-order valence-corrected chi connectivity index (χ0v) is 12.7. The molecule has 2 heterocycles. The Labute approximate surface area is 120 Å². The predicted molar refractivity (Wildman–Crippen MR) is 77.3 cm³/mol. The molecule has 112 valence electrons. The van der Waals surface area contributed by atoms with Crippen molar-refractivity contribution in [1.82, 2.24) is 15.2 Å². The molecule has 20 heavy (non-hydrogen) atoms. The SMILES string of the molecule is Cc1cnc(C(C)NC(C)C(=O)N2CCCCCC2)o1. The van der Waals surface area contributed by atoms with E-state index in [4.69, 9.17) is 4.42 Å². The van der Waals surface area contributed by atoms with Crippen molar-refractivity contribution in [2.45, 2.75) is 58.5 Å². The third kappa shape index (κ3) is 3.82. The van der Waals surface area contributed by atoms with Gasteiger partial charge in [0.1, 0.15) is 5.76 Å². The Kier molecular flexibility index (Phi) is 5.17. The van der Waals surface area contributed by atoms with Gasteiger partial charge in [0, 0.05) is 13.1 Å². The predicted octanol–water partition coefficient (Wildman–Crippen LogP) is 2.42. The summed E-state index contributed by atoms with van der Waals surface area (Å²) in [6.45, 7) is 7.53. The maximum Gasteiger partial charge on any atom is 0.239 e. The van der Waals surface area contributed by atoms with E-state index < -0.39 is 0 Å². The standard InChI is InChI=1S/C15H25N3O2/c1-11-10-16-14(20-11)12(2)17-13(3)15(19)18-8-6-4-5-7-9-18/h10,12-13,17H,4-9H2,1-3H3. The summed E-state index contributed by atoms with van der Waals surface area (Å²) in [6.07, 6.45) is 6.41. The van der Waals surface area contributed by atoms with E-state index in [1.54, 1.807) is 6.20 Å². The monoisotopic (exact) mass is 279 g/mol. The molecule has 5 nitrogen and oxygen atoms in total. The van der Waals surface area contributed by atoms with Crippen LogP contribution in [0.25, 0.3) is 0 Å². The zero-order valence-electron chi connectivity index (χ0n) is 12.7. The van der Waals surface area contributed by atoms with Crippen molar-refractivity contribution in [3.63, 3.8) is 0 Å². The first-order valence-electron chi connectivity index (χ1n) is 7.55. The van der Waals surface area contributed by atoms with Crippen molar-refractivity contribution in [2.75, 3.05) is 13.1 Å². The van der Waals surface area contributed by atoms with Gasteiger partial charge in [-0.25, -0.2) is 4.98 Å². The van der Waals surface area contributed by atoms with Crippen molar-refractivity contribution in [2.24, 2.45) is 0 Å². The van der Waals surface area contributed by atoms with Crippen LogP contribution in [0.4, 0.5) is 0 Å². The third-order valence-corrected chi connectivity index (χ3v) is 3.80. The van der Waals surface area contributed by atoms with Crippen LogP contribution in [0.3, 0.4) is 0 Å². The van der Waals surface area contributed by atoms with Crippen LogP contribution in [0.1, 0.15) is 57.2 Å². The Morgan fingerprint density at radius 3 is 2.50 bits per heavy atom. The van der Waals surface area contributed by atoms with Gasteiger partial charge < -0.3 is 9.32 Å². The lowest BCUT2D eigenvalue weighted by Crippen LogP contribution is -2.46. The quantitative estimate of drug-likeness (QED) is 0.919. The summed E-state index contributed by atoms with van der Waals surface area (Å²) in [5.74, 6) is 1.61. The average Bonchev–Trinajstić information content (AvgIpc) is 2.70. The normalized spacial score (nSPS) is 19.4. The fourth-order valence-corrected chi connectivity index (χ4v) is 2.65. The van der Waals surface area contributed by atoms with E-state index in [1.165, 1.54) is 12.8 Å². The molecule has 2 atom stereocenters. The molecule has 5 heteroatoms. The fourth-order valence-electron chi connectivity index (χ4n) is 2.65. The number of oxazole rings is 1. The zero-order chi connectivity index (χ0) is 14.5. The first-order chi connectivity index (χ1) is 9.58. The van der Waals surface area contributed by atoms with E-state index in [2.05, 4.69) is 10.3 Å². The Morgan fingerprint density at radius 1 is 1.30 bits per heavy atom. The molecular formula is C15H25N3O2. The molecule has 0 spiro atoms. The van der Waals surface area contributed by atoms with Gasteiger partial charge in [-0.1, -0.05) is 12.8 Å². The smallest absolute Gasteiger partial charge is 0.239 e. The van der Waals surface area contributed by atoms with Crippen LogP contribution in [-0.2, 0) is 4.79 Å². The van der Waals surface area contributed by atoms with Gasteiger partial charge in [0.25, 0.3) is 0 Å². The molecule has 2 rings (SSSR count). The molecule has 1 N–H and O–H groups in total. The summed E-state index contributed by atoms with van der Waals surface area (Å²) < 4.78 is 5.49. The van der Waals surface area contributed by atoms with E-state index in [0.29, 0.717) is 5.89 Å². The van der Waals surface area contributed by atoms with E-state index in [9.17, 15) is 4.79 Å². The summed E-state index contributed by atoms with van der Waals surface area (Å²) >= 11 is 0. The largest absolute Gasteiger partial charge is 0.444 e. The molecule has 1 aliphatic rings. The van der Waals surface area contributed by atoms with E-state index in [-0.39, 0.29) is 18.0 Å². The number of aromatic nitrogens is 1. The maximum absolute atomic E-state index is 12.4. The highest BCUT2D eigenvalue weighted by molar-refractivity contribution is 5.81. The van der Waals surface area contributed by atoms with Crippen molar-refractivity contribution in [3.05, 3.63) is 17.8 Å². The lowest BCUT2D eigenvalue weighted by Gasteiger charge is -2.26. The number of nitrogens with one attached hydrogen (secondary N) is 1.